The van der Waals surface area contributed by atoms with Crippen LogP contribution in [0, 0.1) is 5.21 Å². The van der Waals surface area contributed by atoms with Gasteiger partial charge in [0.05, 0.1) is 0 Å². The van der Waals surface area contributed by atoms with Gasteiger partial charge in [0.1, 0.15) is 11.1 Å². The summed E-state index contributed by atoms with van der Waals surface area (Å²) in [5, 5.41) is 12.2. The van der Waals surface area contributed by atoms with Gasteiger partial charge < -0.3 is 10.3 Å². The molecule has 0 aliphatic carbocycles. The fourth-order valence-electron chi connectivity index (χ4n) is 2.03. The highest BCUT2D eigenvalue weighted by Gasteiger charge is 2.45. The topological polar surface area (TPSA) is 61.6 Å². The number of hydroxylamine groups is 2. The molecular formula is C10H19NO3S2. The number of nitrogens with one attached hydrogen (secondary N) is 1. The van der Waals surface area contributed by atoms with Gasteiger partial charge in [0.2, 0.25) is 0 Å². The van der Waals surface area contributed by atoms with Crippen LogP contribution in [0.1, 0.15) is 27.7 Å². The lowest BCUT2D eigenvalue weighted by Gasteiger charge is -2.41. The number of hydrogen-bond acceptors (Lipinski definition) is 4. The highest BCUT2D eigenvalue weighted by molar-refractivity contribution is 8.71. The van der Waals surface area contributed by atoms with E-state index in [1.807, 2.05) is 33.8 Å². The normalized spacial score (nSPS) is 27.9. The van der Waals surface area contributed by atoms with Gasteiger partial charge >= 0.3 is 0 Å². The maximum absolute atomic E-state index is 12.1. The summed E-state index contributed by atoms with van der Waals surface area (Å²) in [6.07, 6.45) is 3.10. The second-order valence-electron chi connectivity index (χ2n) is 5.31. The van der Waals surface area contributed by atoms with E-state index in [-0.39, 0.29) is 5.06 Å². The smallest absolute Gasteiger partial charge is 0.199 e. The molecule has 1 heterocycles. The molecule has 1 rings (SSSR count). The van der Waals surface area contributed by atoms with Crippen molar-refractivity contribution < 1.29 is 13.5 Å². The molecule has 0 bridgehead atoms. The molecule has 16 heavy (non-hydrogen) atoms. The van der Waals surface area contributed by atoms with Crippen molar-refractivity contribution in [1.29, 1.82) is 0 Å². The number of hydrogen-bond donors (Lipinski definition) is 1. The first-order valence-corrected chi connectivity index (χ1v) is 8.48. The molecule has 0 aromatic rings. The van der Waals surface area contributed by atoms with Crippen LogP contribution in [-0.4, -0.2) is 31.5 Å². The monoisotopic (exact) mass is 265 g/mol. The van der Waals surface area contributed by atoms with Crippen LogP contribution in [0.2, 0.25) is 0 Å². The van der Waals surface area contributed by atoms with Gasteiger partial charge in [-0.1, -0.05) is 0 Å². The molecule has 6 heteroatoms. The summed E-state index contributed by atoms with van der Waals surface area (Å²) in [6, 6.07) is 0. The van der Waals surface area contributed by atoms with Crippen LogP contribution in [0.25, 0.3) is 0 Å². The Labute approximate surface area is 101 Å². The Balaban J connectivity index is 2.89. The van der Waals surface area contributed by atoms with Crippen LogP contribution in [-0.2, 0) is 8.87 Å². The molecule has 1 N–H and O–H groups in total. The van der Waals surface area contributed by atoms with Crippen LogP contribution in [0.4, 0.5) is 0 Å². The molecule has 0 aromatic heterocycles. The van der Waals surface area contributed by atoms with Gasteiger partial charge in [0, 0.05) is 17.6 Å². The Morgan fingerprint density at radius 2 is 1.88 bits per heavy atom. The van der Waals surface area contributed by atoms with E-state index < -0.39 is 19.9 Å². The Morgan fingerprint density at radius 3 is 2.19 bits per heavy atom. The van der Waals surface area contributed by atoms with Crippen molar-refractivity contribution in [2.45, 2.75) is 38.8 Å². The zero-order valence-corrected chi connectivity index (χ0v) is 12.0. The highest BCUT2D eigenvalue weighted by Crippen LogP contribution is 2.28. The summed E-state index contributed by atoms with van der Waals surface area (Å²) < 4.78 is 22.2. The molecule has 0 fully saturated rings. The lowest BCUT2D eigenvalue weighted by Crippen LogP contribution is -3.20. The van der Waals surface area contributed by atoms with E-state index in [0.29, 0.717) is 5.75 Å². The van der Waals surface area contributed by atoms with Crippen molar-refractivity contribution in [1.82, 2.24) is 0 Å². The van der Waals surface area contributed by atoms with Gasteiger partial charge in [0.15, 0.2) is 8.87 Å². The van der Waals surface area contributed by atoms with Crippen LogP contribution < -0.4 is 5.06 Å². The van der Waals surface area contributed by atoms with Gasteiger partial charge in [-0.05, 0) is 44.6 Å². The van der Waals surface area contributed by atoms with Gasteiger partial charge in [-0.15, -0.1) is 0 Å². The van der Waals surface area contributed by atoms with Crippen molar-refractivity contribution >= 4 is 19.7 Å². The quantitative estimate of drug-likeness (QED) is 0.460. The molecule has 0 radical (unpaired) electrons. The first-order chi connectivity index (χ1) is 6.97. The minimum atomic E-state index is -3.05. The molecule has 1 aliphatic rings. The fraction of sp³-hybridized carbons (Fsp3) is 0.800. The Kier molecular flexibility index (Phi) is 3.52. The largest absolute Gasteiger partial charge is 0.633 e. The first kappa shape index (κ1) is 14.0. The summed E-state index contributed by atoms with van der Waals surface area (Å²) in [4.78, 5) is 0. The molecule has 94 valence electrons. The Bertz CT molecular complexity index is 410. The maximum Gasteiger partial charge on any atom is 0.199 e. The predicted molar refractivity (Wildman–Crippen MR) is 67.9 cm³/mol. The van der Waals surface area contributed by atoms with E-state index >= 15 is 0 Å². The standard InChI is InChI=1S/C10H19NO3S2/c1-9(2)6-8(7-15-16(5,13)14)10(3,4)11(9)12/h6,11H,7H2,1-5H3. The van der Waals surface area contributed by atoms with Crippen LogP contribution in [0.3, 0.4) is 0 Å². The summed E-state index contributed by atoms with van der Waals surface area (Å²) in [6.45, 7) is 7.46. The van der Waals surface area contributed by atoms with Crippen molar-refractivity contribution in [2.24, 2.45) is 0 Å². The minimum Gasteiger partial charge on any atom is -0.633 e. The molecule has 0 aromatic carbocycles. The SMILES string of the molecule is CC1(C)C=C(CSS(C)(=O)=O)C(C)(C)[NH+]1[O-]. The molecule has 0 amide bonds. The van der Waals surface area contributed by atoms with Crippen LogP contribution >= 0.6 is 10.8 Å². The third-order valence-corrected chi connectivity index (χ3v) is 5.41. The van der Waals surface area contributed by atoms with Gasteiger partial charge in [-0.3, -0.25) is 0 Å². The second-order valence-corrected chi connectivity index (χ2v) is 9.77. The van der Waals surface area contributed by atoms with E-state index in [1.54, 1.807) is 0 Å². The van der Waals surface area contributed by atoms with E-state index in [4.69, 9.17) is 0 Å². The van der Waals surface area contributed by atoms with Crippen molar-refractivity contribution in [3.05, 3.63) is 16.9 Å². The van der Waals surface area contributed by atoms with E-state index in [2.05, 4.69) is 0 Å². The van der Waals surface area contributed by atoms with Gasteiger partial charge in [-0.25, -0.2) is 8.42 Å². The number of rotatable bonds is 3. The second kappa shape index (κ2) is 4.01. The molecular weight excluding hydrogens is 246 g/mol. The highest BCUT2D eigenvalue weighted by atomic mass is 33.1. The minimum absolute atomic E-state index is 0.157. The third kappa shape index (κ3) is 2.80. The fourth-order valence-corrected chi connectivity index (χ4v) is 3.83. The average Bonchev–Trinajstić information content (AvgIpc) is 2.22. The lowest BCUT2D eigenvalue weighted by atomic mass is 9.98. The summed E-state index contributed by atoms with van der Waals surface area (Å²) in [5.41, 5.74) is -0.101. The summed E-state index contributed by atoms with van der Waals surface area (Å²) in [5.74, 6) is 0.376. The van der Waals surface area contributed by atoms with E-state index in [9.17, 15) is 13.6 Å². The Morgan fingerprint density at radius 1 is 1.38 bits per heavy atom. The zero-order valence-electron chi connectivity index (χ0n) is 10.3. The molecule has 1 aliphatic heterocycles. The van der Waals surface area contributed by atoms with Gasteiger partial charge in [0.25, 0.3) is 0 Å². The van der Waals surface area contributed by atoms with E-state index in [0.717, 1.165) is 16.4 Å². The van der Waals surface area contributed by atoms with Crippen molar-refractivity contribution in [3.63, 3.8) is 0 Å². The summed E-state index contributed by atoms with van der Waals surface area (Å²) in [7, 11) is -2.16. The van der Waals surface area contributed by atoms with Crippen LogP contribution in [0.15, 0.2) is 11.6 Å². The van der Waals surface area contributed by atoms with Crippen LogP contribution in [0.5, 0.6) is 0 Å². The lowest BCUT2D eigenvalue weighted by molar-refractivity contribution is -0.927. The first-order valence-electron chi connectivity index (χ1n) is 5.08. The zero-order chi connectivity index (χ0) is 12.8. The molecule has 0 saturated carbocycles. The average molecular weight is 265 g/mol. The van der Waals surface area contributed by atoms with Crippen molar-refractivity contribution in [3.8, 4) is 0 Å². The third-order valence-electron chi connectivity index (χ3n) is 2.92. The summed E-state index contributed by atoms with van der Waals surface area (Å²) >= 11 is 0. The molecule has 1 atom stereocenters. The number of quaternary nitrogens is 1. The molecule has 0 spiro atoms. The van der Waals surface area contributed by atoms with E-state index in [1.165, 1.54) is 6.26 Å². The molecule has 0 saturated heterocycles. The van der Waals surface area contributed by atoms with Crippen molar-refractivity contribution in [2.75, 3.05) is 12.0 Å². The Hall–Kier alpha value is -0.0400. The maximum atomic E-state index is 12.1. The predicted octanol–water partition coefficient (Wildman–Crippen LogP) is 0.559. The molecule has 4 nitrogen and oxygen atoms in total. The van der Waals surface area contributed by atoms with Gasteiger partial charge in [-0.2, -0.15) is 0 Å². The molecule has 1 unspecified atom stereocenters.